The molecule has 0 radical (unpaired) electrons. The summed E-state index contributed by atoms with van der Waals surface area (Å²) in [7, 11) is 0. The number of benzene rings is 1. The van der Waals surface area contributed by atoms with Gasteiger partial charge in [0.2, 0.25) is 0 Å². The van der Waals surface area contributed by atoms with Crippen molar-refractivity contribution in [3.8, 4) is 10.7 Å². The molecule has 1 aromatic carbocycles. The lowest BCUT2D eigenvalue weighted by atomic mass is 10.1. The number of thiophene rings is 2. The number of halogens is 2. The molecule has 0 unspecified atom stereocenters. The number of rotatable bonds is 1. The lowest BCUT2D eigenvalue weighted by Gasteiger charge is -2.07. The van der Waals surface area contributed by atoms with Crippen LogP contribution in [0.15, 0.2) is 34.1 Å². The summed E-state index contributed by atoms with van der Waals surface area (Å²) in [4.78, 5) is 10.3. The van der Waals surface area contributed by atoms with E-state index in [9.17, 15) is 0 Å². The number of aryl methyl sites for hydroxylation is 1. The number of aromatic nitrogens is 2. The molecule has 0 bridgehead atoms. The smallest absolute Gasteiger partial charge is 0.171 e. The molecule has 0 aliphatic rings. The molecule has 3 aromatic heterocycles. The Morgan fingerprint density at radius 3 is 2.81 bits per heavy atom. The largest absolute Gasteiger partial charge is 0.227 e. The molecule has 0 atom stereocenters. The molecule has 2 nitrogen and oxygen atoms in total. The molecule has 104 valence electrons. The molecule has 0 aliphatic carbocycles. The van der Waals surface area contributed by atoms with Gasteiger partial charge in [-0.2, -0.15) is 0 Å². The zero-order chi connectivity index (χ0) is 14.6. The summed E-state index contributed by atoms with van der Waals surface area (Å²) in [5, 5.41) is 3.49. The van der Waals surface area contributed by atoms with Crippen LogP contribution in [0.3, 0.4) is 0 Å². The Bertz CT molecular complexity index is 962. The minimum atomic E-state index is 0.502. The fraction of sp³-hybridized carbons (Fsp3) is 0.0667. The third kappa shape index (κ3) is 2.19. The predicted molar refractivity (Wildman–Crippen MR) is 95.7 cm³/mol. The molecule has 0 spiro atoms. The van der Waals surface area contributed by atoms with Gasteiger partial charge in [0.15, 0.2) is 5.82 Å². The first-order valence-electron chi connectivity index (χ1n) is 6.23. The van der Waals surface area contributed by atoms with E-state index in [2.05, 4.69) is 38.4 Å². The van der Waals surface area contributed by atoms with E-state index >= 15 is 0 Å². The maximum Gasteiger partial charge on any atom is 0.171 e. The zero-order valence-electron chi connectivity index (χ0n) is 10.9. The van der Waals surface area contributed by atoms with E-state index in [1.165, 1.54) is 9.40 Å². The highest BCUT2D eigenvalue weighted by Gasteiger charge is 2.13. The van der Waals surface area contributed by atoms with Crippen LogP contribution in [0.2, 0.25) is 5.15 Å². The van der Waals surface area contributed by atoms with Gasteiger partial charge in [0.05, 0.1) is 10.4 Å². The standard InChI is InChI=1S/C15H8BrClN2S2/c1-7-9(16)3-2-8-13(7)18-15(19-14(8)17)12-6-11-10(21-12)4-5-20-11/h2-6H,1H3. The Kier molecular flexibility index (Phi) is 3.26. The van der Waals surface area contributed by atoms with E-state index in [0.29, 0.717) is 11.0 Å². The molecule has 21 heavy (non-hydrogen) atoms. The van der Waals surface area contributed by atoms with Gasteiger partial charge in [-0.05, 0) is 42.1 Å². The van der Waals surface area contributed by atoms with Gasteiger partial charge in [0, 0.05) is 19.3 Å². The highest BCUT2D eigenvalue weighted by Crippen LogP contribution is 2.37. The molecule has 0 N–H and O–H groups in total. The summed E-state index contributed by atoms with van der Waals surface area (Å²) < 4.78 is 3.56. The van der Waals surface area contributed by atoms with Gasteiger partial charge in [-0.1, -0.05) is 27.5 Å². The van der Waals surface area contributed by atoms with Crippen LogP contribution in [0.1, 0.15) is 5.56 Å². The summed E-state index contributed by atoms with van der Waals surface area (Å²) in [6.07, 6.45) is 0. The van der Waals surface area contributed by atoms with Crippen molar-refractivity contribution in [2.24, 2.45) is 0 Å². The second-order valence-electron chi connectivity index (χ2n) is 4.67. The highest BCUT2D eigenvalue weighted by atomic mass is 79.9. The summed E-state index contributed by atoms with van der Waals surface area (Å²) in [5.74, 6) is 0.696. The lowest BCUT2D eigenvalue weighted by molar-refractivity contribution is 1.22. The van der Waals surface area contributed by atoms with Crippen molar-refractivity contribution < 1.29 is 0 Å². The molecule has 6 heteroatoms. The third-order valence-corrected chi connectivity index (χ3v) is 6.61. The van der Waals surface area contributed by atoms with Gasteiger partial charge in [-0.3, -0.25) is 0 Å². The van der Waals surface area contributed by atoms with Gasteiger partial charge in [-0.25, -0.2) is 9.97 Å². The summed E-state index contributed by atoms with van der Waals surface area (Å²) in [5.41, 5.74) is 1.98. The summed E-state index contributed by atoms with van der Waals surface area (Å²) >= 11 is 13.3. The molecule has 0 aliphatic heterocycles. The van der Waals surface area contributed by atoms with Crippen molar-refractivity contribution in [1.29, 1.82) is 0 Å². The Balaban J connectivity index is 2.01. The molecular weight excluding hydrogens is 388 g/mol. The molecule has 4 rings (SSSR count). The fourth-order valence-electron chi connectivity index (χ4n) is 2.26. The minimum Gasteiger partial charge on any atom is -0.227 e. The summed E-state index contributed by atoms with van der Waals surface area (Å²) in [6, 6.07) is 8.19. The van der Waals surface area contributed by atoms with Crippen LogP contribution < -0.4 is 0 Å². The first kappa shape index (κ1) is 13.6. The van der Waals surface area contributed by atoms with Gasteiger partial charge in [0.1, 0.15) is 5.15 Å². The molecule has 4 aromatic rings. The van der Waals surface area contributed by atoms with Crippen LogP contribution in [0, 0.1) is 6.92 Å². The van der Waals surface area contributed by atoms with Crippen LogP contribution in [-0.2, 0) is 0 Å². The summed E-state index contributed by atoms with van der Waals surface area (Å²) in [6.45, 7) is 2.03. The normalized spacial score (nSPS) is 11.6. The van der Waals surface area contributed by atoms with E-state index < -0.39 is 0 Å². The second kappa shape index (κ2) is 5.02. The zero-order valence-corrected chi connectivity index (χ0v) is 14.8. The van der Waals surface area contributed by atoms with Gasteiger partial charge in [-0.15, -0.1) is 22.7 Å². The minimum absolute atomic E-state index is 0.502. The van der Waals surface area contributed by atoms with Crippen LogP contribution >= 0.6 is 50.2 Å². The van der Waals surface area contributed by atoms with Crippen LogP contribution in [0.25, 0.3) is 31.0 Å². The van der Waals surface area contributed by atoms with Gasteiger partial charge in [0.25, 0.3) is 0 Å². The lowest BCUT2D eigenvalue weighted by Crippen LogP contribution is -1.93. The topological polar surface area (TPSA) is 25.8 Å². The highest BCUT2D eigenvalue weighted by molar-refractivity contribution is 9.10. The number of fused-ring (bicyclic) bond motifs is 2. The van der Waals surface area contributed by atoms with E-state index in [4.69, 9.17) is 16.6 Å². The Hall–Kier alpha value is -1.01. The van der Waals surface area contributed by atoms with E-state index in [0.717, 1.165) is 25.8 Å². The second-order valence-corrected chi connectivity index (χ2v) is 7.91. The van der Waals surface area contributed by atoms with Crippen molar-refractivity contribution in [3.05, 3.63) is 44.8 Å². The van der Waals surface area contributed by atoms with Crippen molar-refractivity contribution in [2.45, 2.75) is 6.92 Å². The van der Waals surface area contributed by atoms with Crippen LogP contribution in [-0.4, -0.2) is 9.97 Å². The third-order valence-electron chi connectivity index (χ3n) is 3.37. The molecule has 0 saturated carbocycles. The fourth-order valence-corrected chi connectivity index (χ4v) is 4.85. The first-order valence-corrected chi connectivity index (χ1v) is 9.10. The van der Waals surface area contributed by atoms with E-state index in [-0.39, 0.29) is 0 Å². The van der Waals surface area contributed by atoms with Crippen LogP contribution in [0.4, 0.5) is 0 Å². The monoisotopic (exact) mass is 394 g/mol. The van der Waals surface area contributed by atoms with Crippen LogP contribution in [0.5, 0.6) is 0 Å². The molecule has 0 saturated heterocycles. The average Bonchev–Trinajstić information content (AvgIpc) is 3.04. The molecule has 0 amide bonds. The predicted octanol–water partition coefficient (Wildman–Crippen LogP) is 6.30. The average molecular weight is 396 g/mol. The van der Waals surface area contributed by atoms with Gasteiger partial charge < -0.3 is 0 Å². The Morgan fingerprint density at radius 2 is 2.00 bits per heavy atom. The quantitative estimate of drug-likeness (QED) is 0.354. The van der Waals surface area contributed by atoms with Gasteiger partial charge >= 0.3 is 0 Å². The SMILES string of the molecule is Cc1c(Br)ccc2c(Cl)nc(-c3cc4sccc4s3)nc12. The maximum absolute atomic E-state index is 6.35. The van der Waals surface area contributed by atoms with Crippen molar-refractivity contribution in [1.82, 2.24) is 9.97 Å². The molecule has 0 fully saturated rings. The van der Waals surface area contributed by atoms with Crippen molar-refractivity contribution in [2.75, 3.05) is 0 Å². The van der Waals surface area contributed by atoms with Crippen molar-refractivity contribution in [3.63, 3.8) is 0 Å². The number of hydrogen-bond donors (Lipinski definition) is 0. The van der Waals surface area contributed by atoms with E-state index in [1.54, 1.807) is 22.7 Å². The molecular formula is C15H8BrClN2S2. The molecule has 3 heterocycles. The Labute approximate surface area is 142 Å². The first-order chi connectivity index (χ1) is 10.1. The Morgan fingerprint density at radius 1 is 1.14 bits per heavy atom. The van der Waals surface area contributed by atoms with E-state index in [1.807, 2.05) is 19.1 Å². The van der Waals surface area contributed by atoms with Crippen molar-refractivity contribution >= 4 is 70.5 Å². The number of hydrogen-bond acceptors (Lipinski definition) is 4. The number of nitrogens with zero attached hydrogens (tertiary/aromatic N) is 2. The maximum atomic E-state index is 6.35.